The number of aromatic nitrogens is 3. The van der Waals surface area contributed by atoms with Crippen molar-refractivity contribution < 1.29 is 4.79 Å². The third-order valence-electron chi connectivity index (χ3n) is 4.98. The van der Waals surface area contributed by atoms with Crippen LogP contribution in [0.5, 0.6) is 0 Å². The van der Waals surface area contributed by atoms with E-state index in [-0.39, 0.29) is 11.5 Å². The molecule has 0 fully saturated rings. The predicted octanol–water partition coefficient (Wildman–Crippen LogP) is 2.37. The zero-order valence-corrected chi connectivity index (χ0v) is 14.8. The van der Waals surface area contributed by atoms with Gasteiger partial charge in [0.1, 0.15) is 0 Å². The standard InChI is InChI=1S/C21H20N4O2/c26-20-4-3-19(24-25-20)17-2-1-16-11-14(12-18(16)13-17)5-10-23-21(27)15-6-8-22-9-7-15/h1-4,6-9,13-14H,5,10-12H2,(H,23,27)(H,25,26). The molecule has 1 aliphatic carbocycles. The van der Waals surface area contributed by atoms with Gasteiger partial charge in [-0.25, -0.2) is 5.10 Å². The van der Waals surface area contributed by atoms with Gasteiger partial charge in [0.25, 0.3) is 11.5 Å². The minimum atomic E-state index is -0.200. The van der Waals surface area contributed by atoms with E-state index in [0.717, 1.165) is 30.5 Å². The molecule has 0 spiro atoms. The van der Waals surface area contributed by atoms with Crippen LogP contribution in [0.15, 0.2) is 59.7 Å². The Morgan fingerprint density at radius 2 is 1.89 bits per heavy atom. The number of benzene rings is 1. The first-order valence-corrected chi connectivity index (χ1v) is 9.05. The van der Waals surface area contributed by atoms with Gasteiger partial charge in [0.2, 0.25) is 0 Å². The minimum absolute atomic E-state index is 0.0562. The van der Waals surface area contributed by atoms with Gasteiger partial charge in [-0.2, -0.15) is 5.10 Å². The molecule has 1 atom stereocenters. The SMILES string of the molecule is O=C(NCCC1Cc2ccc(-c3ccc(=O)[nH]n3)cc2C1)c1ccncc1. The quantitative estimate of drug-likeness (QED) is 0.731. The molecule has 1 unspecified atom stereocenters. The van der Waals surface area contributed by atoms with E-state index in [1.807, 2.05) is 6.07 Å². The molecule has 6 heteroatoms. The van der Waals surface area contributed by atoms with Crippen molar-refractivity contribution >= 4 is 5.91 Å². The summed E-state index contributed by atoms with van der Waals surface area (Å²) in [5.41, 5.74) is 4.90. The smallest absolute Gasteiger partial charge is 0.264 e. The highest BCUT2D eigenvalue weighted by molar-refractivity contribution is 5.93. The van der Waals surface area contributed by atoms with E-state index in [0.29, 0.717) is 18.0 Å². The van der Waals surface area contributed by atoms with Crippen LogP contribution >= 0.6 is 0 Å². The van der Waals surface area contributed by atoms with Gasteiger partial charge in [-0.15, -0.1) is 0 Å². The first-order chi connectivity index (χ1) is 13.2. The maximum Gasteiger partial charge on any atom is 0.264 e. The van der Waals surface area contributed by atoms with Crippen LogP contribution in [-0.2, 0) is 12.8 Å². The Kier molecular flexibility index (Phi) is 4.78. The summed E-state index contributed by atoms with van der Waals surface area (Å²) < 4.78 is 0. The lowest BCUT2D eigenvalue weighted by Gasteiger charge is -2.10. The Morgan fingerprint density at radius 3 is 2.67 bits per heavy atom. The number of aromatic amines is 1. The summed E-state index contributed by atoms with van der Waals surface area (Å²) >= 11 is 0. The van der Waals surface area contributed by atoms with Gasteiger partial charge in [0.05, 0.1) is 5.69 Å². The Hall–Kier alpha value is -3.28. The lowest BCUT2D eigenvalue weighted by molar-refractivity contribution is 0.0951. The normalized spacial score (nSPS) is 15.3. The molecule has 3 aromatic rings. The van der Waals surface area contributed by atoms with Gasteiger partial charge in [-0.05, 0) is 60.6 Å². The largest absolute Gasteiger partial charge is 0.352 e. The van der Waals surface area contributed by atoms with Crippen LogP contribution < -0.4 is 10.9 Å². The summed E-state index contributed by atoms with van der Waals surface area (Å²) in [5.74, 6) is 0.468. The molecule has 0 bridgehead atoms. The van der Waals surface area contributed by atoms with Crippen LogP contribution in [-0.4, -0.2) is 27.6 Å². The number of hydrogen-bond donors (Lipinski definition) is 2. The average molecular weight is 360 g/mol. The summed E-state index contributed by atoms with van der Waals surface area (Å²) in [4.78, 5) is 27.2. The molecular formula is C21H20N4O2. The fourth-order valence-electron chi connectivity index (χ4n) is 3.57. The molecule has 1 amide bonds. The highest BCUT2D eigenvalue weighted by atomic mass is 16.1. The van der Waals surface area contributed by atoms with Crippen molar-refractivity contribution in [2.45, 2.75) is 19.3 Å². The van der Waals surface area contributed by atoms with Crippen LogP contribution in [0.2, 0.25) is 0 Å². The molecule has 0 saturated heterocycles. The summed E-state index contributed by atoms with van der Waals surface area (Å²) in [6.07, 6.45) is 6.21. The number of nitrogens with zero attached hydrogens (tertiary/aromatic N) is 2. The van der Waals surface area contributed by atoms with Gasteiger partial charge < -0.3 is 5.32 Å². The average Bonchev–Trinajstić information content (AvgIpc) is 3.11. The second-order valence-electron chi connectivity index (χ2n) is 6.84. The van der Waals surface area contributed by atoms with E-state index in [1.165, 1.54) is 17.2 Å². The van der Waals surface area contributed by atoms with Crippen LogP contribution in [0.1, 0.15) is 27.9 Å². The second kappa shape index (κ2) is 7.53. The number of hydrogen-bond acceptors (Lipinski definition) is 4. The van der Waals surface area contributed by atoms with Crippen molar-refractivity contribution in [3.05, 3.63) is 81.9 Å². The van der Waals surface area contributed by atoms with Crippen molar-refractivity contribution in [2.75, 3.05) is 6.54 Å². The van der Waals surface area contributed by atoms with Crippen molar-refractivity contribution in [1.82, 2.24) is 20.5 Å². The number of carbonyl (C=O) groups is 1. The molecule has 4 rings (SSSR count). The van der Waals surface area contributed by atoms with E-state index in [4.69, 9.17) is 0 Å². The fraction of sp³-hybridized carbons (Fsp3) is 0.238. The Balaban J connectivity index is 1.35. The molecular weight excluding hydrogens is 340 g/mol. The summed E-state index contributed by atoms with van der Waals surface area (Å²) in [5, 5.41) is 9.56. The van der Waals surface area contributed by atoms with Gasteiger partial charge in [0, 0.05) is 36.1 Å². The molecule has 136 valence electrons. The maximum absolute atomic E-state index is 12.1. The van der Waals surface area contributed by atoms with Crippen LogP contribution in [0, 0.1) is 5.92 Å². The number of fused-ring (bicyclic) bond motifs is 1. The van der Waals surface area contributed by atoms with E-state index in [2.05, 4.69) is 32.6 Å². The maximum atomic E-state index is 12.1. The van der Waals surface area contributed by atoms with Gasteiger partial charge >= 0.3 is 0 Å². The highest BCUT2D eigenvalue weighted by Crippen LogP contribution is 2.31. The predicted molar refractivity (Wildman–Crippen MR) is 102 cm³/mol. The number of pyridine rings is 1. The number of rotatable bonds is 5. The van der Waals surface area contributed by atoms with E-state index < -0.39 is 0 Å². The third kappa shape index (κ3) is 3.95. The van der Waals surface area contributed by atoms with Crippen LogP contribution in [0.25, 0.3) is 11.3 Å². The molecule has 27 heavy (non-hydrogen) atoms. The fourth-order valence-corrected chi connectivity index (χ4v) is 3.57. The number of amides is 1. The van der Waals surface area contributed by atoms with Crippen molar-refractivity contribution in [3.8, 4) is 11.3 Å². The molecule has 0 radical (unpaired) electrons. The number of H-pyrrole nitrogens is 1. The van der Waals surface area contributed by atoms with E-state index in [1.54, 1.807) is 30.6 Å². The first kappa shape index (κ1) is 17.1. The Labute approximate surface area is 156 Å². The summed E-state index contributed by atoms with van der Waals surface area (Å²) in [6, 6.07) is 13.0. The molecule has 2 heterocycles. The lowest BCUT2D eigenvalue weighted by Crippen LogP contribution is -2.26. The third-order valence-corrected chi connectivity index (χ3v) is 4.98. The van der Waals surface area contributed by atoms with E-state index >= 15 is 0 Å². The molecule has 2 N–H and O–H groups in total. The topological polar surface area (TPSA) is 87.7 Å². The monoisotopic (exact) mass is 360 g/mol. The molecule has 1 aliphatic rings. The Bertz CT molecular complexity index is 994. The molecule has 6 nitrogen and oxygen atoms in total. The van der Waals surface area contributed by atoms with Crippen LogP contribution in [0.4, 0.5) is 0 Å². The van der Waals surface area contributed by atoms with E-state index in [9.17, 15) is 9.59 Å². The van der Waals surface area contributed by atoms with Gasteiger partial charge in [-0.1, -0.05) is 12.1 Å². The van der Waals surface area contributed by atoms with Crippen molar-refractivity contribution in [3.63, 3.8) is 0 Å². The summed E-state index contributed by atoms with van der Waals surface area (Å²) in [6.45, 7) is 0.661. The Morgan fingerprint density at radius 1 is 1.07 bits per heavy atom. The molecule has 0 aliphatic heterocycles. The number of nitrogens with one attached hydrogen (secondary N) is 2. The van der Waals surface area contributed by atoms with Gasteiger partial charge in [-0.3, -0.25) is 14.6 Å². The van der Waals surface area contributed by atoms with Crippen molar-refractivity contribution in [1.29, 1.82) is 0 Å². The van der Waals surface area contributed by atoms with Gasteiger partial charge in [0.15, 0.2) is 0 Å². The second-order valence-corrected chi connectivity index (χ2v) is 6.84. The molecule has 2 aromatic heterocycles. The molecule has 1 aromatic carbocycles. The molecule has 0 saturated carbocycles. The zero-order valence-electron chi connectivity index (χ0n) is 14.8. The van der Waals surface area contributed by atoms with Crippen LogP contribution in [0.3, 0.4) is 0 Å². The minimum Gasteiger partial charge on any atom is -0.352 e. The first-order valence-electron chi connectivity index (χ1n) is 9.05. The zero-order chi connectivity index (χ0) is 18.6. The highest BCUT2D eigenvalue weighted by Gasteiger charge is 2.22. The summed E-state index contributed by atoms with van der Waals surface area (Å²) in [7, 11) is 0. The lowest BCUT2D eigenvalue weighted by atomic mass is 10.0. The van der Waals surface area contributed by atoms with Crippen molar-refractivity contribution in [2.24, 2.45) is 5.92 Å². The number of carbonyl (C=O) groups excluding carboxylic acids is 1.